The molecule has 2 aliphatic heterocycles. The molecule has 7 nitrogen and oxygen atoms in total. The molecule has 2 heterocycles. The molecule has 3 aromatic carbocycles. The average molecular weight is 541 g/mol. The summed E-state index contributed by atoms with van der Waals surface area (Å²) in [4.78, 5) is 15.8. The summed E-state index contributed by atoms with van der Waals surface area (Å²) in [6.07, 6.45) is 3.03. The Morgan fingerprint density at radius 1 is 1.02 bits per heavy atom. The number of carbonyl (C=O) groups is 1. The van der Waals surface area contributed by atoms with Crippen LogP contribution in [0.5, 0.6) is 5.75 Å². The van der Waals surface area contributed by atoms with Crippen LogP contribution >= 0.6 is 0 Å². The van der Waals surface area contributed by atoms with Crippen molar-refractivity contribution in [3.8, 4) is 5.75 Å². The van der Waals surface area contributed by atoms with E-state index in [1.165, 1.54) is 0 Å². The number of nitrogens with two attached hydrogens (primary N) is 1. The molecule has 0 aromatic heterocycles. The van der Waals surface area contributed by atoms with Crippen molar-refractivity contribution in [2.45, 2.75) is 51.3 Å². The topological polar surface area (TPSA) is 101 Å². The van der Waals surface area contributed by atoms with E-state index in [-0.39, 0.29) is 23.8 Å². The van der Waals surface area contributed by atoms with Crippen molar-refractivity contribution in [3.63, 3.8) is 0 Å². The van der Waals surface area contributed by atoms with Crippen molar-refractivity contribution in [2.24, 2.45) is 5.92 Å². The number of ether oxygens (including phenoxy) is 2. The lowest BCUT2D eigenvalue weighted by Crippen LogP contribution is -2.52. The Hall–Kier alpha value is -3.68. The summed E-state index contributed by atoms with van der Waals surface area (Å²) in [5.74, 6) is 1.05. The smallest absolute Gasteiger partial charge is 0.251 e. The van der Waals surface area contributed by atoms with Crippen molar-refractivity contribution >= 4 is 17.3 Å². The number of hydrogen-bond donors (Lipinski definition) is 3. The highest BCUT2D eigenvalue weighted by molar-refractivity contribution is 6.14. The number of benzene rings is 3. The molecule has 0 radical (unpaired) electrons. The van der Waals surface area contributed by atoms with Crippen molar-refractivity contribution in [1.82, 2.24) is 10.2 Å². The number of nitrogen functional groups attached to an aromatic ring is 1. The van der Waals surface area contributed by atoms with Gasteiger partial charge in [-0.15, -0.1) is 0 Å². The van der Waals surface area contributed by atoms with E-state index in [4.69, 9.17) is 20.6 Å². The van der Waals surface area contributed by atoms with E-state index >= 15 is 0 Å². The number of hydrogen-bond acceptors (Lipinski definition) is 6. The van der Waals surface area contributed by atoms with Gasteiger partial charge >= 0.3 is 0 Å². The van der Waals surface area contributed by atoms with Crippen molar-refractivity contribution in [1.29, 1.82) is 5.41 Å². The number of likely N-dealkylation sites (tertiary alicyclic amines) is 1. The highest BCUT2D eigenvalue weighted by Crippen LogP contribution is 2.26. The van der Waals surface area contributed by atoms with Gasteiger partial charge in [0.2, 0.25) is 0 Å². The minimum absolute atomic E-state index is 0.0961. The van der Waals surface area contributed by atoms with Gasteiger partial charge in [-0.3, -0.25) is 15.1 Å². The largest absolute Gasteiger partial charge is 0.490 e. The summed E-state index contributed by atoms with van der Waals surface area (Å²) in [5, 5.41) is 12.1. The molecule has 2 aliphatic rings. The van der Waals surface area contributed by atoms with Gasteiger partial charge in [-0.1, -0.05) is 44.2 Å². The first-order valence-corrected chi connectivity index (χ1v) is 14.3. The minimum atomic E-state index is -0.178. The molecule has 1 unspecified atom stereocenters. The van der Waals surface area contributed by atoms with E-state index in [1.54, 1.807) is 18.2 Å². The van der Waals surface area contributed by atoms with Gasteiger partial charge in [0, 0.05) is 35.5 Å². The zero-order valence-electron chi connectivity index (χ0n) is 23.4. The van der Waals surface area contributed by atoms with Gasteiger partial charge < -0.3 is 20.5 Å². The second-order valence-corrected chi connectivity index (χ2v) is 11.3. The van der Waals surface area contributed by atoms with Crippen molar-refractivity contribution in [3.05, 3.63) is 95.1 Å². The SMILES string of the molecule is CC(C)CC(NC(=O)c1ccc(N)c(C(=N)c2ccc(OC3CCN(C4COC4)CC3)cc2)c1)c1ccccc1. The third kappa shape index (κ3) is 6.72. The first-order chi connectivity index (χ1) is 19.4. The zero-order valence-corrected chi connectivity index (χ0v) is 23.4. The number of amides is 1. The fourth-order valence-electron chi connectivity index (χ4n) is 5.43. The number of nitrogens with zero attached hydrogens (tertiary/aromatic N) is 1. The number of anilines is 1. The second-order valence-electron chi connectivity index (χ2n) is 11.3. The van der Waals surface area contributed by atoms with E-state index in [0.717, 1.165) is 62.4 Å². The van der Waals surface area contributed by atoms with Crippen LogP contribution in [0.15, 0.2) is 72.8 Å². The maximum absolute atomic E-state index is 13.3. The lowest BCUT2D eigenvalue weighted by Gasteiger charge is -2.41. The number of rotatable bonds is 10. The van der Waals surface area contributed by atoms with E-state index < -0.39 is 0 Å². The second kappa shape index (κ2) is 12.7. The number of piperidine rings is 1. The van der Waals surface area contributed by atoms with Crippen LogP contribution in [0.4, 0.5) is 5.69 Å². The van der Waals surface area contributed by atoms with Gasteiger partial charge in [-0.05, 0) is 73.2 Å². The average Bonchev–Trinajstić information content (AvgIpc) is 2.93. The van der Waals surface area contributed by atoms with E-state index in [2.05, 4.69) is 24.1 Å². The summed E-state index contributed by atoms with van der Waals surface area (Å²) in [6, 6.07) is 23.3. The van der Waals surface area contributed by atoms with Gasteiger partial charge in [-0.25, -0.2) is 0 Å². The lowest BCUT2D eigenvalue weighted by atomic mass is 9.95. The van der Waals surface area contributed by atoms with E-state index in [0.29, 0.717) is 28.8 Å². The van der Waals surface area contributed by atoms with Crippen LogP contribution in [-0.2, 0) is 4.74 Å². The molecular formula is C33H40N4O3. The first-order valence-electron chi connectivity index (χ1n) is 14.3. The maximum atomic E-state index is 13.3. The quantitative estimate of drug-likeness (QED) is 0.235. The molecule has 5 rings (SSSR count). The fraction of sp³-hybridized carbons (Fsp3) is 0.394. The predicted molar refractivity (Wildman–Crippen MR) is 159 cm³/mol. The van der Waals surface area contributed by atoms with Crippen LogP contribution in [0.1, 0.15) is 66.2 Å². The molecule has 1 amide bonds. The molecule has 40 heavy (non-hydrogen) atoms. The highest BCUT2D eigenvalue weighted by Gasteiger charge is 2.30. The van der Waals surface area contributed by atoms with Crippen LogP contribution in [0.2, 0.25) is 0 Å². The maximum Gasteiger partial charge on any atom is 0.251 e. The summed E-state index contributed by atoms with van der Waals surface area (Å²) in [6.45, 7) is 8.07. The van der Waals surface area contributed by atoms with E-state index in [9.17, 15) is 4.79 Å². The Morgan fingerprint density at radius 2 is 1.70 bits per heavy atom. The molecular weight excluding hydrogens is 500 g/mol. The van der Waals surface area contributed by atoms with Gasteiger partial charge in [0.1, 0.15) is 11.9 Å². The monoisotopic (exact) mass is 540 g/mol. The third-order valence-electron chi connectivity index (χ3n) is 7.86. The molecule has 1 atom stereocenters. The molecule has 0 spiro atoms. The van der Waals surface area contributed by atoms with Crippen LogP contribution in [0, 0.1) is 11.3 Å². The Balaban J connectivity index is 1.23. The summed E-state index contributed by atoms with van der Waals surface area (Å²) in [7, 11) is 0. The molecule has 2 fully saturated rings. The first kappa shape index (κ1) is 27.9. The number of nitrogens with one attached hydrogen (secondary N) is 2. The van der Waals surface area contributed by atoms with Crippen LogP contribution in [0.25, 0.3) is 0 Å². The van der Waals surface area contributed by atoms with Crippen LogP contribution in [-0.4, -0.2) is 55.0 Å². The van der Waals surface area contributed by atoms with E-state index in [1.807, 2.05) is 54.6 Å². The Kier molecular flexibility index (Phi) is 8.82. The minimum Gasteiger partial charge on any atom is -0.490 e. The standard InChI is InChI=1S/C33H40N4O3/c1-22(2)18-31(23-6-4-3-5-7-23)36-33(38)25-10-13-30(34)29(19-25)32(35)24-8-11-27(12-9-24)40-28-14-16-37(17-15-28)26-20-39-21-26/h3-13,19,22,26,28,31,35H,14-18,20-21,34H2,1-2H3,(H,36,38). The molecule has 0 saturated carbocycles. The zero-order chi connectivity index (χ0) is 28.1. The molecule has 4 N–H and O–H groups in total. The molecule has 7 heteroatoms. The summed E-state index contributed by atoms with van der Waals surface area (Å²) in [5.41, 5.74) is 9.84. The van der Waals surface area contributed by atoms with Crippen molar-refractivity contribution < 1.29 is 14.3 Å². The Bertz CT molecular complexity index is 1300. The molecule has 210 valence electrons. The predicted octanol–water partition coefficient (Wildman–Crippen LogP) is 5.44. The highest BCUT2D eigenvalue weighted by atomic mass is 16.5. The van der Waals surface area contributed by atoms with Crippen molar-refractivity contribution in [2.75, 3.05) is 32.0 Å². The van der Waals surface area contributed by atoms with Crippen LogP contribution in [0.3, 0.4) is 0 Å². The molecule has 3 aromatic rings. The van der Waals surface area contributed by atoms with Crippen LogP contribution < -0.4 is 15.8 Å². The lowest BCUT2D eigenvalue weighted by molar-refractivity contribution is -0.0778. The summed E-state index contributed by atoms with van der Waals surface area (Å²) >= 11 is 0. The van der Waals surface area contributed by atoms with Gasteiger partial charge in [0.15, 0.2) is 0 Å². The van der Waals surface area contributed by atoms with Gasteiger partial charge in [0.25, 0.3) is 5.91 Å². The van der Waals surface area contributed by atoms with Gasteiger partial charge in [-0.2, -0.15) is 0 Å². The summed E-state index contributed by atoms with van der Waals surface area (Å²) < 4.78 is 11.6. The fourth-order valence-corrected chi connectivity index (χ4v) is 5.43. The molecule has 0 bridgehead atoms. The molecule has 0 aliphatic carbocycles. The normalized spacial score (nSPS) is 17.3. The van der Waals surface area contributed by atoms with Gasteiger partial charge in [0.05, 0.1) is 31.0 Å². The third-order valence-corrected chi connectivity index (χ3v) is 7.86. The molecule has 2 saturated heterocycles. The Labute approximate surface area is 237 Å². The Morgan fingerprint density at radius 3 is 2.33 bits per heavy atom. The number of carbonyl (C=O) groups excluding carboxylic acids is 1.